The third-order valence-electron chi connectivity index (χ3n) is 3.16. The molecule has 1 heterocycles. The number of halogens is 1. The predicted octanol–water partition coefficient (Wildman–Crippen LogP) is 2.39. The standard InChI is InChI=1S/C14H20FN3S2/c1-18(2)7-6-16-14(19)17-12-5-8-20-13-4-3-10(15)9-11(12)13/h3-4,9,12H,5-8H2,1-2H3,(H2,16,17,19)/t12-/m0/s1. The number of hydrogen-bond acceptors (Lipinski definition) is 3. The summed E-state index contributed by atoms with van der Waals surface area (Å²) < 4.78 is 13.4. The van der Waals surface area contributed by atoms with Crippen molar-refractivity contribution in [2.24, 2.45) is 0 Å². The Labute approximate surface area is 129 Å². The van der Waals surface area contributed by atoms with Crippen molar-refractivity contribution in [3.8, 4) is 0 Å². The van der Waals surface area contributed by atoms with Crippen molar-refractivity contribution in [3.63, 3.8) is 0 Å². The first-order valence-corrected chi connectivity index (χ1v) is 8.07. The molecule has 0 aliphatic carbocycles. The van der Waals surface area contributed by atoms with Crippen LogP contribution in [0.4, 0.5) is 4.39 Å². The van der Waals surface area contributed by atoms with E-state index in [1.165, 1.54) is 6.07 Å². The van der Waals surface area contributed by atoms with Gasteiger partial charge >= 0.3 is 0 Å². The Morgan fingerprint density at radius 2 is 2.30 bits per heavy atom. The third kappa shape index (κ3) is 4.33. The van der Waals surface area contributed by atoms with Gasteiger partial charge in [0, 0.05) is 23.7 Å². The Kier molecular flexibility index (Phi) is 5.63. The molecule has 1 atom stereocenters. The van der Waals surface area contributed by atoms with Crippen molar-refractivity contribution in [1.82, 2.24) is 15.5 Å². The maximum atomic E-state index is 13.4. The molecule has 0 bridgehead atoms. The maximum Gasteiger partial charge on any atom is 0.166 e. The Hall–Kier alpha value is -0.850. The lowest BCUT2D eigenvalue weighted by Crippen LogP contribution is -2.41. The van der Waals surface area contributed by atoms with Gasteiger partial charge in [0.1, 0.15) is 5.82 Å². The summed E-state index contributed by atoms with van der Waals surface area (Å²) in [5.74, 6) is 0.834. The lowest BCUT2D eigenvalue weighted by Gasteiger charge is -2.27. The highest BCUT2D eigenvalue weighted by molar-refractivity contribution is 7.99. The number of thiocarbonyl (C=S) groups is 1. The molecule has 0 radical (unpaired) electrons. The van der Waals surface area contributed by atoms with Crippen LogP contribution in [0.1, 0.15) is 18.0 Å². The number of hydrogen-bond donors (Lipinski definition) is 2. The SMILES string of the molecule is CN(C)CCNC(=S)N[C@H]1CCSc2ccc(F)cc21. The van der Waals surface area contributed by atoms with Crippen LogP contribution in [0.15, 0.2) is 23.1 Å². The molecule has 110 valence electrons. The zero-order valence-electron chi connectivity index (χ0n) is 11.8. The summed E-state index contributed by atoms with van der Waals surface area (Å²) in [4.78, 5) is 3.24. The van der Waals surface area contributed by atoms with Crippen LogP contribution in [0, 0.1) is 5.82 Å². The lowest BCUT2D eigenvalue weighted by atomic mass is 10.0. The van der Waals surface area contributed by atoms with Gasteiger partial charge in [-0.3, -0.25) is 0 Å². The minimum atomic E-state index is -0.190. The van der Waals surface area contributed by atoms with E-state index in [0.717, 1.165) is 35.7 Å². The van der Waals surface area contributed by atoms with Gasteiger partial charge in [0.2, 0.25) is 0 Å². The molecule has 1 aromatic carbocycles. The van der Waals surface area contributed by atoms with Crippen molar-refractivity contribution in [3.05, 3.63) is 29.6 Å². The highest BCUT2D eigenvalue weighted by atomic mass is 32.2. The van der Waals surface area contributed by atoms with Gasteiger partial charge in [-0.1, -0.05) is 0 Å². The monoisotopic (exact) mass is 313 g/mol. The molecule has 0 fully saturated rings. The number of benzene rings is 1. The van der Waals surface area contributed by atoms with E-state index in [1.54, 1.807) is 17.8 Å². The molecule has 20 heavy (non-hydrogen) atoms. The normalized spacial score (nSPS) is 17.7. The first-order valence-electron chi connectivity index (χ1n) is 6.67. The fourth-order valence-electron chi connectivity index (χ4n) is 2.12. The molecule has 2 rings (SSSR count). The van der Waals surface area contributed by atoms with Crippen LogP contribution in [0.25, 0.3) is 0 Å². The summed E-state index contributed by atoms with van der Waals surface area (Å²) in [6.45, 7) is 1.73. The quantitative estimate of drug-likeness (QED) is 0.833. The first-order chi connectivity index (χ1) is 9.56. The molecule has 0 saturated carbocycles. The van der Waals surface area contributed by atoms with Crippen LogP contribution in [0.2, 0.25) is 0 Å². The van der Waals surface area contributed by atoms with E-state index in [2.05, 4.69) is 15.5 Å². The smallest absolute Gasteiger partial charge is 0.166 e. The Morgan fingerprint density at radius 1 is 1.50 bits per heavy atom. The molecule has 0 unspecified atom stereocenters. The van der Waals surface area contributed by atoms with Crippen LogP contribution >= 0.6 is 24.0 Å². The Balaban J connectivity index is 1.94. The summed E-state index contributed by atoms with van der Waals surface area (Å²) in [6, 6.07) is 5.08. The summed E-state index contributed by atoms with van der Waals surface area (Å²) in [5.41, 5.74) is 1.01. The molecule has 0 aromatic heterocycles. The van der Waals surface area contributed by atoms with E-state index in [1.807, 2.05) is 20.2 Å². The van der Waals surface area contributed by atoms with E-state index < -0.39 is 0 Å². The van der Waals surface area contributed by atoms with Crippen LogP contribution < -0.4 is 10.6 Å². The van der Waals surface area contributed by atoms with Crippen molar-refractivity contribution in [2.45, 2.75) is 17.4 Å². The van der Waals surface area contributed by atoms with Crippen molar-refractivity contribution >= 4 is 29.1 Å². The Morgan fingerprint density at radius 3 is 3.05 bits per heavy atom. The molecule has 3 nitrogen and oxygen atoms in total. The average Bonchev–Trinajstić information content (AvgIpc) is 2.39. The molecule has 1 aliphatic rings. The van der Waals surface area contributed by atoms with E-state index in [9.17, 15) is 4.39 Å². The van der Waals surface area contributed by atoms with Crippen molar-refractivity contribution < 1.29 is 4.39 Å². The van der Waals surface area contributed by atoms with Gasteiger partial charge in [-0.15, -0.1) is 11.8 Å². The highest BCUT2D eigenvalue weighted by Crippen LogP contribution is 2.36. The van der Waals surface area contributed by atoms with Crippen molar-refractivity contribution in [1.29, 1.82) is 0 Å². The molecule has 2 N–H and O–H groups in total. The second kappa shape index (κ2) is 7.24. The molecule has 1 aliphatic heterocycles. The van der Waals surface area contributed by atoms with E-state index in [-0.39, 0.29) is 11.9 Å². The van der Waals surface area contributed by atoms with E-state index >= 15 is 0 Å². The summed E-state index contributed by atoms with van der Waals surface area (Å²) in [6.07, 6.45) is 0.955. The second-order valence-electron chi connectivity index (χ2n) is 5.08. The minimum Gasteiger partial charge on any atom is -0.361 e. The van der Waals surface area contributed by atoms with Crippen LogP contribution in [0.3, 0.4) is 0 Å². The summed E-state index contributed by atoms with van der Waals surface area (Å²) >= 11 is 7.08. The van der Waals surface area contributed by atoms with Gasteiger partial charge in [0.25, 0.3) is 0 Å². The molecule has 0 saturated heterocycles. The van der Waals surface area contributed by atoms with Crippen LogP contribution in [-0.2, 0) is 0 Å². The zero-order chi connectivity index (χ0) is 14.5. The number of fused-ring (bicyclic) bond motifs is 1. The lowest BCUT2D eigenvalue weighted by molar-refractivity contribution is 0.411. The fourth-order valence-corrected chi connectivity index (χ4v) is 3.47. The molecule has 0 spiro atoms. The molecular formula is C14H20FN3S2. The third-order valence-corrected chi connectivity index (χ3v) is 4.55. The topological polar surface area (TPSA) is 27.3 Å². The van der Waals surface area contributed by atoms with Crippen molar-refractivity contribution in [2.75, 3.05) is 32.9 Å². The van der Waals surface area contributed by atoms with Gasteiger partial charge in [-0.05, 0) is 56.5 Å². The average molecular weight is 313 g/mol. The number of nitrogens with zero attached hydrogens (tertiary/aromatic N) is 1. The number of likely N-dealkylation sites (N-methyl/N-ethyl adjacent to an activating group) is 1. The first kappa shape index (κ1) is 15.5. The summed E-state index contributed by atoms with van der Waals surface area (Å²) in [7, 11) is 4.05. The zero-order valence-corrected chi connectivity index (χ0v) is 13.4. The predicted molar refractivity (Wildman–Crippen MR) is 86.8 cm³/mol. The van der Waals surface area contributed by atoms with Crippen LogP contribution in [-0.4, -0.2) is 43.0 Å². The highest BCUT2D eigenvalue weighted by Gasteiger charge is 2.21. The largest absolute Gasteiger partial charge is 0.361 e. The van der Waals surface area contributed by atoms with Crippen LogP contribution in [0.5, 0.6) is 0 Å². The maximum absolute atomic E-state index is 13.4. The van der Waals surface area contributed by atoms with E-state index in [0.29, 0.717) is 5.11 Å². The fraction of sp³-hybridized carbons (Fsp3) is 0.500. The molecule has 0 amide bonds. The number of thioether (sulfide) groups is 1. The van der Waals surface area contributed by atoms with Gasteiger partial charge < -0.3 is 15.5 Å². The van der Waals surface area contributed by atoms with Gasteiger partial charge in [0.05, 0.1) is 6.04 Å². The van der Waals surface area contributed by atoms with Gasteiger partial charge in [0.15, 0.2) is 5.11 Å². The molecule has 6 heteroatoms. The second-order valence-corrected chi connectivity index (χ2v) is 6.62. The van der Waals surface area contributed by atoms with Gasteiger partial charge in [-0.25, -0.2) is 4.39 Å². The number of nitrogens with one attached hydrogen (secondary N) is 2. The minimum absolute atomic E-state index is 0.0984. The molecular weight excluding hydrogens is 293 g/mol. The van der Waals surface area contributed by atoms with E-state index in [4.69, 9.17) is 12.2 Å². The van der Waals surface area contributed by atoms with Gasteiger partial charge in [-0.2, -0.15) is 0 Å². The Bertz CT molecular complexity index is 479. The number of rotatable bonds is 4. The summed E-state index contributed by atoms with van der Waals surface area (Å²) in [5, 5.41) is 7.12. The molecule has 1 aromatic rings.